The fourth-order valence-corrected chi connectivity index (χ4v) is 2.68. The van der Waals surface area contributed by atoms with Gasteiger partial charge in [0, 0.05) is 5.69 Å². The molecule has 0 spiro atoms. The first-order chi connectivity index (χ1) is 7.24. The highest BCUT2D eigenvalue weighted by Crippen LogP contribution is 2.31. The first kappa shape index (κ1) is 10.7. The molecular formula is C11H14BrNO2. The van der Waals surface area contributed by atoms with Crippen LogP contribution in [0.25, 0.3) is 0 Å². The van der Waals surface area contributed by atoms with Gasteiger partial charge >= 0.3 is 5.97 Å². The number of nitrogens with one attached hydrogen (secondary N) is 1. The number of carbonyl (C=O) groups excluding carboxylic acids is 1. The van der Waals surface area contributed by atoms with Crippen molar-refractivity contribution in [1.29, 1.82) is 0 Å². The largest absolute Gasteiger partial charge is 0.461 e. The van der Waals surface area contributed by atoms with E-state index in [1.807, 2.05) is 6.92 Å². The number of rotatable bonds is 2. The minimum atomic E-state index is -0.265. The van der Waals surface area contributed by atoms with Crippen molar-refractivity contribution >= 4 is 21.9 Å². The minimum Gasteiger partial charge on any atom is -0.461 e. The molecule has 0 atom stereocenters. The summed E-state index contributed by atoms with van der Waals surface area (Å²) in [5.41, 5.74) is 3.02. The highest BCUT2D eigenvalue weighted by Gasteiger charge is 2.22. The molecule has 1 N–H and O–H groups in total. The zero-order valence-electron chi connectivity index (χ0n) is 8.73. The van der Waals surface area contributed by atoms with Gasteiger partial charge in [0.05, 0.1) is 11.1 Å². The van der Waals surface area contributed by atoms with E-state index < -0.39 is 0 Å². The Morgan fingerprint density at radius 1 is 1.47 bits per heavy atom. The summed E-state index contributed by atoms with van der Waals surface area (Å²) in [4.78, 5) is 14.8. The molecule has 4 heteroatoms. The lowest BCUT2D eigenvalue weighted by Gasteiger charge is -2.09. The molecular weight excluding hydrogens is 258 g/mol. The molecule has 2 rings (SSSR count). The Balaban J connectivity index is 2.32. The van der Waals surface area contributed by atoms with Gasteiger partial charge in [-0.25, -0.2) is 4.79 Å². The Bertz CT molecular complexity index is 384. The number of aromatic nitrogens is 1. The fraction of sp³-hybridized carbons (Fsp3) is 0.545. The lowest BCUT2D eigenvalue weighted by Crippen LogP contribution is -2.05. The van der Waals surface area contributed by atoms with Gasteiger partial charge in [-0.3, -0.25) is 0 Å². The lowest BCUT2D eigenvalue weighted by atomic mass is 9.98. The maximum absolute atomic E-state index is 11.6. The molecule has 1 aliphatic carbocycles. The third-order valence-electron chi connectivity index (χ3n) is 2.71. The van der Waals surface area contributed by atoms with E-state index >= 15 is 0 Å². The van der Waals surface area contributed by atoms with E-state index in [9.17, 15) is 4.79 Å². The number of fused-ring (bicyclic) bond motifs is 1. The van der Waals surface area contributed by atoms with Crippen molar-refractivity contribution < 1.29 is 9.53 Å². The van der Waals surface area contributed by atoms with Gasteiger partial charge in [-0.05, 0) is 54.1 Å². The smallest absolute Gasteiger partial charge is 0.355 e. The number of hydrogen-bond donors (Lipinski definition) is 1. The number of esters is 1. The molecule has 0 aliphatic heterocycles. The number of hydrogen-bond acceptors (Lipinski definition) is 2. The van der Waals surface area contributed by atoms with Gasteiger partial charge in [0.15, 0.2) is 0 Å². The molecule has 15 heavy (non-hydrogen) atoms. The molecule has 0 saturated carbocycles. The van der Waals surface area contributed by atoms with Crippen molar-refractivity contribution in [1.82, 2.24) is 4.98 Å². The highest BCUT2D eigenvalue weighted by molar-refractivity contribution is 9.10. The van der Waals surface area contributed by atoms with Crippen LogP contribution >= 0.6 is 15.9 Å². The second kappa shape index (κ2) is 4.39. The summed E-state index contributed by atoms with van der Waals surface area (Å²) in [5, 5.41) is 0. The van der Waals surface area contributed by atoms with Gasteiger partial charge < -0.3 is 9.72 Å². The van der Waals surface area contributed by atoms with Crippen LogP contribution < -0.4 is 0 Å². The quantitative estimate of drug-likeness (QED) is 0.841. The Labute approximate surface area is 97.3 Å². The molecule has 0 saturated heterocycles. The van der Waals surface area contributed by atoms with Crippen LogP contribution in [-0.4, -0.2) is 17.6 Å². The molecule has 0 amide bonds. The summed E-state index contributed by atoms with van der Waals surface area (Å²) in [5.74, 6) is -0.265. The third kappa shape index (κ3) is 1.95. The number of aryl methyl sites for hydroxylation is 1. The van der Waals surface area contributed by atoms with Gasteiger partial charge in [0.1, 0.15) is 5.69 Å². The summed E-state index contributed by atoms with van der Waals surface area (Å²) < 4.78 is 5.89. The molecule has 0 fully saturated rings. The third-order valence-corrected chi connectivity index (χ3v) is 3.58. The molecule has 0 unspecified atom stereocenters. The number of carbonyl (C=O) groups is 1. The zero-order valence-corrected chi connectivity index (χ0v) is 10.3. The van der Waals surface area contributed by atoms with Crippen LogP contribution in [0.15, 0.2) is 4.47 Å². The molecule has 82 valence electrons. The van der Waals surface area contributed by atoms with Gasteiger partial charge in [-0.1, -0.05) is 0 Å². The summed E-state index contributed by atoms with van der Waals surface area (Å²) in [6.07, 6.45) is 4.48. The average molecular weight is 272 g/mol. The number of ether oxygens (including phenoxy) is 1. The van der Waals surface area contributed by atoms with E-state index in [1.54, 1.807) is 0 Å². The van der Waals surface area contributed by atoms with Gasteiger partial charge in [0.25, 0.3) is 0 Å². The normalized spacial score (nSPS) is 14.8. The average Bonchev–Trinajstić information content (AvgIpc) is 2.57. The molecule has 3 nitrogen and oxygen atoms in total. The van der Waals surface area contributed by atoms with Crippen molar-refractivity contribution in [2.75, 3.05) is 6.61 Å². The van der Waals surface area contributed by atoms with E-state index in [0.29, 0.717) is 12.3 Å². The standard InChI is InChI=1S/C11H14BrNO2/c1-2-15-11(14)10-9(12)7-5-3-4-6-8(7)13-10/h13H,2-6H2,1H3. The van der Waals surface area contributed by atoms with Crippen molar-refractivity contribution in [3.63, 3.8) is 0 Å². The van der Waals surface area contributed by atoms with Crippen LogP contribution in [-0.2, 0) is 17.6 Å². The van der Waals surface area contributed by atoms with Crippen molar-refractivity contribution in [2.24, 2.45) is 0 Å². The topological polar surface area (TPSA) is 42.1 Å². The molecule has 0 bridgehead atoms. The van der Waals surface area contributed by atoms with Crippen LogP contribution in [0.3, 0.4) is 0 Å². The van der Waals surface area contributed by atoms with Crippen molar-refractivity contribution in [3.05, 3.63) is 21.4 Å². The molecule has 1 aromatic rings. The Hall–Kier alpha value is -0.770. The Morgan fingerprint density at radius 3 is 2.87 bits per heavy atom. The number of aromatic amines is 1. The predicted molar refractivity (Wildman–Crippen MR) is 61.1 cm³/mol. The van der Waals surface area contributed by atoms with E-state index in [0.717, 1.165) is 17.3 Å². The molecule has 1 heterocycles. The van der Waals surface area contributed by atoms with Crippen LogP contribution in [0.5, 0.6) is 0 Å². The van der Waals surface area contributed by atoms with Crippen LogP contribution in [0.2, 0.25) is 0 Å². The second-order valence-corrected chi connectivity index (χ2v) is 4.49. The Kier molecular flexibility index (Phi) is 3.14. The Morgan fingerprint density at radius 2 is 2.20 bits per heavy atom. The second-order valence-electron chi connectivity index (χ2n) is 3.70. The van der Waals surface area contributed by atoms with Gasteiger partial charge in [0.2, 0.25) is 0 Å². The van der Waals surface area contributed by atoms with Crippen LogP contribution in [0, 0.1) is 0 Å². The zero-order chi connectivity index (χ0) is 10.8. The maximum Gasteiger partial charge on any atom is 0.355 e. The summed E-state index contributed by atoms with van der Waals surface area (Å²) in [6, 6.07) is 0. The maximum atomic E-state index is 11.6. The van der Waals surface area contributed by atoms with E-state index in [-0.39, 0.29) is 5.97 Å². The molecule has 0 aromatic carbocycles. The highest BCUT2D eigenvalue weighted by atomic mass is 79.9. The molecule has 1 aliphatic rings. The van der Waals surface area contributed by atoms with E-state index in [2.05, 4.69) is 20.9 Å². The predicted octanol–water partition coefficient (Wildman–Crippen LogP) is 2.83. The fourth-order valence-electron chi connectivity index (χ4n) is 1.99. The minimum absolute atomic E-state index is 0.265. The summed E-state index contributed by atoms with van der Waals surface area (Å²) in [7, 11) is 0. The van der Waals surface area contributed by atoms with E-state index in [1.165, 1.54) is 24.1 Å². The molecule has 1 aromatic heterocycles. The van der Waals surface area contributed by atoms with Crippen LogP contribution in [0.1, 0.15) is 41.5 Å². The van der Waals surface area contributed by atoms with Crippen molar-refractivity contribution in [3.8, 4) is 0 Å². The summed E-state index contributed by atoms with van der Waals surface area (Å²) in [6.45, 7) is 2.23. The monoisotopic (exact) mass is 271 g/mol. The van der Waals surface area contributed by atoms with Gasteiger partial charge in [-0.15, -0.1) is 0 Å². The number of halogens is 1. The van der Waals surface area contributed by atoms with Crippen LogP contribution in [0.4, 0.5) is 0 Å². The molecule has 0 radical (unpaired) electrons. The van der Waals surface area contributed by atoms with E-state index in [4.69, 9.17) is 4.74 Å². The first-order valence-electron chi connectivity index (χ1n) is 5.30. The SMILES string of the molecule is CCOC(=O)c1[nH]c2c(c1Br)CCCC2. The summed E-state index contributed by atoms with van der Waals surface area (Å²) >= 11 is 3.48. The van der Waals surface area contributed by atoms with Gasteiger partial charge in [-0.2, -0.15) is 0 Å². The number of H-pyrrole nitrogens is 1. The van der Waals surface area contributed by atoms with Crippen molar-refractivity contribution in [2.45, 2.75) is 32.6 Å². The first-order valence-corrected chi connectivity index (χ1v) is 6.09. The lowest BCUT2D eigenvalue weighted by molar-refractivity contribution is 0.0519.